The molecule has 0 saturated carbocycles. The van der Waals surface area contributed by atoms with Crippen molar-refractivity contribution in [1.29, 1.82) is 0 Å². The molecule has 1 heterocycles. The quantitative estimate of drug-likeness (QED) is 0.851. The number of carbonyl (C=O) groups is 1. The van der Waals surface area contributed by atoms with E-state index in [4.69, 9.17) is 0 Å². The van der Waals surface area contributed by atoms with Crippen LogP contribution < -0.4 is 4.90 Å². The minimum Gasteiger partial charge on any atom is -0.311 e. The van der Waals surface area contributed by atoms with Gasteiger partial charge in [0.05, 0.1) is 5.25 Å². The maximum atomic E-state index is 12.7. The van der Waals surface area contributed by atoms with E-state index >= 15 is 0 Å². The predicted molar refractivity (Wildman–Crippen MR) is 87.5 cm³/mol. The van der Waals surface area contributed by atoms with E-state index in [-0.39, 0.29) is 11.2 Å². The lowest BCUT2D eigenvalue weighted by Crippen LogP contribution is -2.40. The summed E-state index contributed by atoms with van der Waals surface area (Å²) in [4.78, 5) is 14.6. The Labute approximate surface area is 124 Å². The minimum absolute atomic E-state index is 0.124. The summed E-state index contributed by atoms with van der Waals surface area (Å²) in [5.41, 5.74) is 3.45. The first kappa shape index (κ1) is 14.8. The van der Waals surface area contributed by atoms with Gasteiger partial charge in [0, 0.05) is 29.5 Å². The molecule has 1 atom stereocenters. The molecule has 2 nitrogen and oxygen atoms in total. The molecule has 1 fully saturated rings. The predicted octanol–water partition coefficient (Wildman–Crippen LogP) is 3.50. The van der Waals surface area contributed by atoms with Gasteiger partial charge in [-0.2, -0.15) is 11.8 Å². The van der Waals surface area contributed by atoms with Gasteiger partial charge >= 0.3 is 0 Å². The number of aryl methyl sites for hydroxylation is 2. The number of nitrogens with zero attached hydrogens (tertiary/aromatic N) is 1. The summed E-state index contributed by atoms with van der Waals surface area (Å²) in [7, 11) is 0. The highest BCUT2D eigenvalue weighted by atomic mass is 32.2. The molecular formula is C15H21NOS2. The fraction of sp³-hybridized carbons (Fsp3) is 0.533. The highest BCUT2D eigenvalue weighted by molar-refractivity contribution is 8.07. The summed E-state index contributed by atoms with van der Waals surface area (Å²) < 4.78 is 0. The first-order valence-corrected chi connectivity index (χ1v) is 8.91. The van der Waals surface area contributed by atoms with Crippen molar-refractivity contribution in [2.45, 2.75) is 26.0 Å². The molecule has 0 bridgehead atoms. The van der Waals surface area contributed by atoms with E-state index in [2.05, 4.69) is 39.0 Å². The number of thioether (sulfide) groups is 2. The van der Waals surface area contributed by atoms with Gasteiger partial charge in [0.15, 0.2) is 0 Å². The molecule has 1 aromatic carbocycles. The SMILES string of the molecule is CCN(C(=O)C1CSCCS1)c1cc(C)ccc1C. The average molecular weight is 295 g/mol. The molecule has 0 aromatic heterocycles. The Morgan fingerprint density at radius 1 is 1.37 bits per heavy atom. The highest BCUT2D eigenvalue weighted by Gasteiger charge is 2.27. The lowest BCUT2D eigenvalue weighted by molar-refractivity contribution is -0.117. The maximum absolute atomic E-state index is 12.7. The molecule has 1 aliphatic rings. The molecule has 1 amide bonds. The second kappa shape index (κ2) is 6.71. The number of rotatable bonds is 3. The Morgan fingerprint density at radius 3 is 2.79 bits per heavy atom. The Bertz CT molecular complexity index is 455. The molecule has 4 heteroatoms. The summed E-state index contributed by atoms with van der Waals surface area (Å²) in [5.74, 6) is 3.48. The van der Waals surface area contributed by atoms with Gasteiger partial charge < -0.3 is 4.90 Å². The molecule has 1 unspecified atom stereocenters. The third-order valence-electron chi connectivity index (χ3n) is 3.33. The summed E-state index contributed by atoms with van der Waals surface area (Å²) in [6.07, 6.45) is 0. The van der Waals surface area contributed by atoms with Crippen molar-refractivity contribution in [3.63, 3.8) is 0 Å². The summed E-state index contributed by atoms with van der Waals surface area (Å²) in [6, 6.07) is 6.32. The number of hydrogen-bond donors (Lipinski definition) is 0. The average Bonchev–Trinajstić information content (AvgIpc) is 2.44. The zero-order valence-electron chi connectivity index (χ0n) is 11.8. The molecule has 0 aliphatic carbocycles. The van der Waals surface area contributed by atoms with E-state index in [0.29, 0.717) is 0 Å². The van der Waals surface area contributed by atoms with E-state index in [0.717, 1.165) is 23.7 Å². The van der Waals surface area contributed by atoms with Crippen LogP contribution in [0.25, 0.3) is 0 Å². The highest BCUT2D eigenvalue weighted by Crippen LogP contribution is 2.29. The van der Waals surface area contributed by atoms with Crippen LogP contribution in [-0.2, 0) is 4.79 Å². The Balaban J connectivity index is 2.23. The first-order chi connectivity index (χ1) is 9.13. The molecule has 2 rings (SSSR count). The molecule has 1 saturated heterocycles. The molecule has 1 aliphatic heterocycles. The van der Waals surface area contributed by atoms with E-state index in [9.17, 15) is 4.79 Å². The van der Waals surface area contributed by atoms with Crippen molar-refractivity contribution in [2.75, 3.05) is 28.7 Å². The molecule has 0 N–H and O–H groups in total. The Kier molecular flexibility index (Phi) is 5.22. The van der Waals surface area contributed by atoms with Crippen LogP contribution in [0.4, 0.5) is 5.69 Å². The van der Waals surface area contributed by atoms with Gasteiger partial charge in [-0.25, -0.2) is 0 Å². The zero-order chi connectivity index (χ0) is 13.8. The van der Waals surface area contributed by atoms with Crippen molar-refractivity contribution in [3.05, 3.63) is 29.3 Å². The fourth-order valence-corrected chi connectivity index (χ4v) is 4.87. The van der Waals surface area contributed by atoms with Crippen molar-refractivity contribution in [3.8, 4) is 0 Å². The van der Waals surface area contributed by atoms with Gasteiger partial charge in [-0.1, -0.05) is 12.1 Å². The smallest absolute Gasteiger partial charge is 0.240 e. The van der Waals surface area contributed by atoms with Gasteiger partial charge in [-0.05, 0) is 38.0 Å². The van der Waals surface area contributed by atoms with Crippen LogP contribution in [-0.4, -0.2) is 35.0 Å². The summed E-state index contributed by atoms with van der Waals surface area (Å²) in [5, 5.41) is 0.124. The second-order valence-corrected chi connectivity index (χ2v) is 7.27. The normalized spacial score (nSPS) is 19.2. The Morgan fingerprint density at radius 2 is 2.16 bits per heavy atom. The van der Waals surface area contributed by atoms with Crippen LogP contribution in [0.5, 0.6) is 0 Å². The van der Waals surface area contributed by atoms with E-state index < -0.39 is 0 Å². The van der Waals surface area contributed by atoms with Crippen LogP contribution in [0.2, 0.25) is 0 Å². The molecule has 104 valence electrons. The van der Waals surface area contributed by atoms with Crippen molar-refractivity contribution < 1.29 is 4.79 Å². The monoisotopic (exact) mass is 295 g/mol. The zero-order valence-corrected chi connectivity index (χ0v) is 13.4. The molecule has 19 heavy (non-hydrogen) atoms. The second-order valence-electron chi connectivity index (χ2n) is 4.81. The van der Waals surface area contributed by atoms with Gasteiger partial charge in [-0.3, -0.25) is 4.79 Å². The number of anilines is 1. The molecule has 1 aromatic rings. The lowest BCUT2D eigenvalue weighted by atomic mass is 10.1. The molecule has 0 radical (unpaired) electrons. The lowest BCUT2D eigenvalue weighted by Gasteiger charge is -2.29. The Hall–Kier alpha value is -0.610. The fourth-order valence-electron chi connectivity index (χ4n) is 2.26. The topological polar surface area (TPSA) is 20.3 Å². The van der Waals surface area contributed by atoms with Gasteiger partial charge in [0.25, 0.3) is 0 Å². The van der Waals surface area contributed by atoms with Crippen LogP contribution in [0.15, 0.2) is 18.2 Å². The van der Waals surface area contributed by atoms with Crippen LogP contribution in [0.1, 0.15) is 18.1 Å². The maximum Gasteiger partial charge on any atom is 0.240 e. The van der Waals surface area contributed by atoms with Crippen LogP contribution in [0.3, 0.4) is 0 Å². The largest absolute Gasteiger partial charge is 0.311 e. The number of benzene rings is 1. The molecular weight excluding hydrogens is 274 g/mol. The van der Waals surface area contributed by atoms with E-state index in [1.807, 2.05) is 28.4 Å². The third kappa shape index (κ3) is 3.48. The van der Waals surface area contributed by atoms with Crippen molar-refractivity contribution in [2.24, 2.45) is 0 Å². The minimum atomic E-state index is 0.124. The number of hydrogen-bond acceptors (Lipinski definition) is 3. The first-order valence-electron chi connectivity index (χ1n) is 6.71. The van der Waals surface area contributed by atoms with Gasteiger partial charge in [0.2, 0.25) is 5.91 Å². The van der Waals surface area contributed by atoms with Gasteiger partial charge in [-0.15, -0.1) is 11.8 Å². The number of carbonyl (C=O) groups excluding carboxylic acids is 1. The number of amides is 1. The van der Waals surface area contributed by atoms with Crippen LogP contribution in [0, 0.1) is 13.8 Å². The van der Waals surface area contributed by atoms with Crippen molar-refractivity contribution in [1.82, 2.24) is 0 Å². The summed E-state index contributed by atoms with van der Waals surface area (Å²) in [6.45, 7) is 6.95. The van der Waals surface area contributed by atoms with Crippen LogP contribution >= 0.6 is 23.5 Å². The molecule has 0 spiro atoms. The summed E-state index contributed by atoms with van der Waals surface area (Å²) >= 11 is 3.70. The van der Waals surface area contributed by atoms with E-state index in [1.165, 1.54) is 16.9 Å². The van der Waals surface area contributed by atoms with Crippen molar-refractivity contribution >= 4 is 35.1 Å². The standard InChI is InChI=1S/C15H21NOS2/c1-4-16(13-9-11(2)5-6-12(13)3)15(17)14-10-18-7-8-19-14/h5-6,9,14H,4,7-8,10H2,1-3H3. The van der Waals surface area contributed by atoms with E-state index in [1.54, 1.807) is 0 Å². The van der Waals surface area contributed by atoms with Gasteiger partial charge in [0.1, 0.15) is 0 Å². The third-order valence-corrected chi connectivity index (χ3v) is 6.07.